The normalized spacial score (nSPS) is 16.0. The van der Waals surface area contributed by atoms with Crippen LogP contribution in [-0.2, 0) is 45.7 Å². The van der Waals surface area contributed by atoms with Gasteiger partial charge in [-0.2, -0.15) is 8.42 Å². The molecule has 19 heteroatoms. The Hall–Kier alpha value is -5.47. The first-order valence-corrected chi connectivity index (χ1v) is 20.4. The number of nitrogens with one attached hydrogen (secondary N) is 2. The van der Waals surface area contributed by atoms with Gasteiger partial charge < -0.3 is 9.47 Å². The SMILES string of the molecule is CCc1ccc(C(=O)COc2ccc(CC3SC(=O)NC3=O)cc2)nc1.CCc1ccc(C(=O)COc2ccc(CC3SC(=O)NC3=O)cc2)nc1.O=S(=O)(O)O. The van der Waals surface area contributed by atoms with Gasteiger partial charge in [-0.1, -0.05) is 73.8 Å². The fraction of sp³-hybridized carbons (Fsp3) is 0.263. The largest absolute Gasteiger partial charge is 0.485 e. The number of rotatable bonds is 14. The summed E-state index contributed by atoms with van der Waals surface area (Å²) in [5.41, 5.74) is 4.76. The second-order valence-corrected chi connectivity index (χ2v) is 15.4. The average Bonchev–Trinajstić information content (AvgIpc) is 3.69. The lowest BCUT2D eigenvalue weighted by atomic mass is 10.1. The van der Waals surface area contributed by atoms with E-state index in [1.807, 2.05) is 50.2 Å². The Kier molecular flexibility index (Phi) is 16.4. The van der Waals surface area contributed by atoms with Gasteiger partial charge in [0.05, 0.1) is 10.5 Å². The monoisotopic (exact) mass is 838 g/mol. The quantitative estimate of drug-likeness (QED) is 0.0970. The molecule has 2 aliphatic heterocycles. The van der Waals surface area contributed by atoms with E-state index in [1.54, 1.807) is 48.8 Å². The molecule has 4 aromatic rings. The summed E-state index contributed by atoms with van der Waals surface area (Å²) in [4.78, 5) is 78.1. The summed E-state index contributed by atoms with van der Waals surface area (Å²) in [5.74, 6) is 0.238. The van der Waals surface area contributed by atoms with E-state index in [0.717, 1.165) is 58.6 Å². The molecular weight excluding hydrogens is 801 g/mol. The molecule has 2 fully saturated rings. The fourth-order valence-electron chi connectivity index (χ4n) is 4.97. The van der Waals surface area contributed by atoms with Gasteiger partial charge >= 0.3 is 10.4 Å². The maximum absolute atomic E-state index is 12.1. The number of carbonyl (C=O) groups is 6. The van der Waals surface area contributed by atoms with Crippen molar-refractivity contribution in [2.24, 2.45) is 0 Å². The van der Waals surface area contributed by atoms with Crippen molar-refractivity contribution >= 4 is 67.8 Å². The van der Waals surface area contributed by atoms with E-state index in [-0.39, 0.29) is 47.1 Å². The Labute approximate surface area is 336 Å². The molecule has 0 bridgehead atoms. The van der Waals surface area contributed by atoms with Crippen LogP contribution in [0.2, 0.25) is 0 Å². The predicted octanol–water partition coefficient (Wildman–Crippen LogP) is 4.95. The van der Waals surface area contributed by atoms with E-state index in [9.17, 15) is 28.8 Å². The van der Waals surface area contributed by atoms with Crippen molar-refractivity contribution in [3.63, 3.8) is 0 Å². The molecule has 6 rings (SSSR count). The average molecular weight is 839 g/mol. The molecule has 0 aliphatic carbocycles. The van der Waals surface area contributed by atoms with E-state index in [2.05, 4.69) is 20.6 Å². The zero-order valence-electron chi connectivity index (χ0n) is 30.6. The number of aromatic nitrogens is 2. The minimum Gasteiger partial charge on any atom is -0.485 e. The van der Waals surface area contributed by atoms with Crippen LogP contribution in [0, 0.1) is 0 Å². The molecule has 2 unspecified atom stereocenters. The van der Waals surface area contributed by atoms with Crippen LogP contribution in [-0.4, -0.2) is 85.1 Å². The highest BCUT2D eigenvalue weighted by atomic mass is 32.3. The van der Waals surface area contributed by atoms with Crippen LogP contribution in [0.1, 0.15) is 57.1 Å². The Morgan fingerprint density at radius 2 is 0.947 bits per heavy atom. The smallest absolute Gasteiger partial charge is 0.394 e. The third-order valence-electron chi connectivity index (χ3n) is 8.00. The van der Waals surface area contributed by atoms with Crippen molar-refractivity contribution in [2.75, 3.05) is 13.2 Å². The molecule has 2 atom stereocenters. The number of amides is 4. The highest BCUT2D eigenvalue weighted by Gasteiger charge is 2.32. The van der Waals surface area contributed by atoms with Crippen LogP contribution in [0.25, 0.3) is 0 Å². The number of aryl methyl sites for hydroxylation is 2. The van der Waals surface area contributed by atoms with Crippen LogP contribution >= 0.6 is 23.5 Å². The van der Waals surface area contributed by atoms with Crippen molar-refractivity contribution < 1.29 is 55.8 Å². The lowest BCUT2D eigenvalue weighted by molar-refractivity contribution is -0.119. The molecule has 2 aliphatic rings. The zero-order valence-corrected chi connectivity index (χ0v) is 33.0. The van der Waals surface area contributed by atoms with Gasteiger partial charge in [-0.05, 0) is 84.3 Å². The van der Waals surface area contributed by atoms with Crippen LogP contribution < -0.4 is 20.1 Å². The van der Waals surface area contributed by atoms with Gasteiger partial charge in [-0.15, -0.1) is 0 Å². The molecule has 4 heterocycles. The first-order valence-electron chi connectivity index (χ1n) is 17.2. The number of imide groups is 2. The molecule has 4 amide bonds. The second-order valence-electron chi connectivity index (χ2n) is 12.1. The molecule has 57 heavy (non-hydrogen) atoms. The van der Waals surface area contributed by atoms with Crippen LogP contribution in [0.4, 0.5) is 9.59 Å². The van der Waals surface area contributed by atoms with E-state index in [1.165, 1.54) is 0 Å². The van der Waals surface area contributed by atoms with Crippen molar-refractivity contribution in [3.05, 3.63) is 119 Å². The summed E-state index contributed by atoms with van der Waals surface area (Å²) in [6, 6.07) is 21.5. The van der Waals surface area contributed by atoms with Crippen molar-refractivity contribution in [1.29, 1.82) is 0 Å². The summed E-state index contributed by atoms with van der Waals surface area (Å²) in [6.45, 7) is 3.88. The van der Waals surface area contributed by atoms with Gasteiger partial charge in [-0.3, -0.25) is 58.5 Å². The van der Waals surface area contributed by atoms with Gasteiger partial charge in [0.25, 0.3) is 10.5 Å². The summed E-state index contributed by atoms with van der Waals surface area (Å²) in [7, 11) is -4.67. The Morgan fingerprint density at radius 3 is 1.21 bits per heavy atom. The predicted molar refractivity (Wildman–Crippen MR) is 211 cm³/mol. The summed E-state index contributed by atoms with van der Waals surface area (Å²) >= 11 is 2.01. The van der Waals surface area contributed by atoms with Crippen LogP contribution in [0.15, 0.2) is 85.2 Å². The third kappa shape index (κ3) is 15.2. The number of nitrogens with zero attached hydrogens (tertiary/aromatic N) is 2. The molecule has 2 saturated heterocycles. The first kappa shape index (κ1) is 44.2. The summed E-state index contributed by atoms with van der Waals surface area (Å²) in [6.07, 6.45) is 6.08. The maximum Gasteiger partial charge on any atom is 0.394 e. The number of benzene rings is 2. The molecule has 300 valence electrons. The van der Waals surface area contributed by atoms with Crippen LogP contribution in [0.3, 0.4) is 0 Å². The molecule has 0 spiro atoms. The van der Waals surface area contributed by atoms with E-state index >= 15 is 0 Å². The molecule has 0 saturated carbocycles. The fourth-order valence-corrected chi connectivity index (χ4v) is 6.69. The number of hydrogen-bond donors (Lipinski definition) is 4. The molecular formula is C38H38N4O12S3. The number of thioether (sulfide) groups is 2. The molecule has 2 aromatic heterocycles. The van der Waals surface area contributed by atoms with Crippen LogP contribution in [0.5, 0.6) is 11.5 Å². The lowest BCUT2D eigenvalue weighted by Gasteiger charge is -2.08. The topological polar surface area (TPSA) is 245 Å². The molecule has 16 nitrogen and oxygen atoms in total. The Morgan fingerprint density at radius 1 is 0.614 bits per heavy atom. The van der Waals surface area contributed by atoms with E-state index < -0.39 is 20.9 Å². The number of pyridine rings is 2. The lowest BCUT2D eigenvalue weighted by Crippen LogP contribution is -2.25. The highest BCUT2D eigenvalue weighted by Crippen LogP contribution is 2.25. The van der Waals surface area contributed by atoms with E-state index in [0.29, 0.717) is 35.7 Å². The standard InChI is InChI=1S/2C19H18N2O4S.H2O4S/c2*1-2-12-5-8-15(20-10-12)16(22)11-25-14-6-3-13(4-7-14)9-17-18(23)21-19(24)26-17;1-5(2,3)4/h2*3-8,10,17H,2,9,11H2,1H3,(H,21,23,24);(H2,1,2,3,4). The minimum atomic E-state index is -4.67. The summed E-state index contributed by atoms with van der Waals surface area (Å²) < 4.78 is 42.6. The molecule has 2 aromatic carbocycles. The van der Waals surface area contributed by atoms with Gasteiger partial charge in [-0.25, -0.2) is 0 Å². The Bertz CT molecular complexity index is 2020. The van der Waals surface area contributed by atoms with Gasteiger partial charge in [0.2, 0.25) is 23.4 Å². The molecule has 4 N–H and O–H groups in total. The zero-order chi connectivity index (χ0) is 41.5. The molecule has 0 radical (unpaired) electrons. The minimum absolute atomic E-state index is 0.0901. The Balaban J connectivity index is 0.000000226. The van der Waals surface area contributed by atoms with Crippen molar-refractivity contribution in [3.8, 4) is 11.5 Å². The number of carbonyl (C=O) groups excluding carboxylic acids is 6. The number of Topliss-reactive ketones (excluding diaryl/α,β-unsaturated/α-hetero) is 2. The number of ketones is 2. The first-order chi connectivity index (χ1) is 27.1. The van der Waals surface area contributed by atoms with Gasteiger partial charge in [0.1, 0.15) is 22.9 Å². The van der Waals surface area contributed by atoms with Crippen molar-refractivity contribution in [2.45, 2.75) is 50.0 Å². The maximum atomic E-state index is 12.1. The number of ether oxygens (including phenoxy) is 2. The third-order valence-corrected chi connectivity index (χ3v) is 9.96. The highest BCUT2D eigenvalue weighted by molar-refractivity contribution is 8.15. The van der Waals surface area contributed by atoms with E-state index in [4.69, 9.17) is 27.0 Å². The second kappa shape index (κ2) is 21.2. The number of hydrogen-bond acceptors (Lipinski definition) is 14. The van der Waals surface area contributed by atoms with Gasteiger partial charge in [0, 0.05) is 12.4 Å². The van der Waals surface area contributed by atoms with Gasteiger partial charge in [0.15, 0.2) is 13.2 Å². The summed E-state index contributed by atoms with van der Waals surface area (Å²) in [5, 5.41) is 3.14. The van der Waals surface area contributed by atoms with Crippen molar-refractivity contribution in [1.82, 2.24) is 20.6 Å².